The number of benzene rings is 2. The van der Waals surface area contributed by atoms with Crippen molar-refractivity contribution in [3.63, 3.8) is 0 Å². The van der Waals surface area contributed by atoms with E-state index in [2.05, 4.69) is 5.32 Å². The highest BCUT2D eigenvalue weighted by Gasteiger charge is 2.17. The van der Waals surface area contributed by atoms with Crippen molar-refractivity contribution >= 4 is 5.91 Å². The molecule has 25 heavy (non-hydrogen) atoms. The van der Waals surface area contributed by atoms with Crippen molar-refractivity contribution in [2.24, 2.45) is 0 Å². The summed E-state index contributed by atoms with van der Waals surface area (Å²) < 4.78 is 34.3. The summed E-state index contributed by atoms with van der Waals surface area (Å²) in [6, 6.07) is 10.8. The van der Waals surface area contributed by atoms with Crippen molar-refractivity contribution in [3.8, 4) is 23.0 Å². The van der Waals surface area contributed by atoms with Crippen molar-refractivity contribution in [1.82, 2.24) is 5.32 Å². The zero-order valence-corrected chi connectivity index (χ0v) is 13.7. The summed E-state index contributed by atoms with van der Waals surface area (Å²) in [6.07, 6.45) is -0.675. The first-order chi connectivity index (χ1) is 12.1. The molecule has 1 unspecified atom stereocenters. The number of hydrogen-bond donors (Lipinski definition) is 1. The van der Waals surface area contributed by atoms with Crippen LogP contribution in [0, 0.1) is 5.82 Å². The fourth-order valence-corrected chi connectivity index (χ4v) is 2.23. The highest BCUT2D eigenvalue weighted by molar-refractivity contribution is 5.80. The van der Waals surface area contributed by atoms with Crippen molar-refractivity contribution < 1.29 is 28.1 Å². The van der Waals surface area contributed by atoms with Crippen LogP contribution in [0.4, 0.5) is 4.39 Å². The van der Waals surface area contributed by atoms with E-state index in [-0.39, 0.29) is 25.1 Å². The van der Waals surface area contributed by atoms with Gasteiger partial charge in [-0.3, -0.25) is 4.79 Å². The van der Waals surface area contributed by atoms with Gasteiger partial charge in [-0.25, -0.2) is 4.39 Å². The van der Waals surface area contributed by atoms with E-state index in [1.54, 1.807) is 25.1 Å². The maximum absolute atomic E-state index is 12.8. The van der Waals surface area contributed by atoms with Crippen LogP contribution in [0.25, 0.3) is 0 Å². The monoisotopic (exact) mass is 347 g/mol. The molecule has 0 fully saturated rings. The lowest BCUT2D eigenvalue weighted by Crippen LogP contribution is -2.38. The number of carbonyl (C=O) groups excluding carboxylic acids is 1. The number of hydrogen-bond acceptors (Lipinski definition) is 5. The van der Waals surface area contributed by atoms with Crippen LogP contribution in [-0.2, 0) is 4.79 Å². The lowest BCUT2D eigenvalue weighted by atomic mass is 10.3. The first-order valence-corrected chi connectivity index (χ1v) is 7.84. The minimum absolute atomic E-state index is 0.183. The Balaban J connectivity index is 1.41. The number of nitrogens with one attached hydrogen (secondary N) is 1. The Labute approximate surface area is 144 Å². The average Bonchev–Trinajstić information content (AvgIpc) is 3.07. The number of fused-ring (bicyclic) bond motifs is 1. The second kappa shape index (κ2) is 7.74. The molecule has 0 radical (unpaired) electrons. The van der Waals surface area contributed by atoms with Crippen LogP contribution in [0.15, 0.2) is 42.5 Å². The van der Waals surface area contributed by atoms with Gasteiger partial charge in [0.1, 0.15) is 23.9 Å². The van der Waals surface area contributed by atoms with Crippen LogP contribution < -0.4 is 24.3 Å². The van der Waals surface area contributed by atoms with Gasteiger partial charge >= 0.3 is 0 Å². The maximum atomic E-state index is 12.8. The van der Waals surface area contributed by atoms with Crippen molar-refractivity contribution in [2.45, 2.75) is 13.0 Å². The molecule has 0 saturated heterocycles. The van der Waals surface area contributed by atoms with Gasteiger partial charge in [0, 0.05) is 6.07 Å². The van der Waals surface area contributed by atoms with E-state index in [1.807, 2.05) is 0 Å². The van der Waals surface area contributed by atoms with Gasteiger partial charge in [0.25, 0.3) is 5.91 Å². The molecule has 1 aliphatic rings. The summed E-state index contributed by atoms with van der Waals surface area (Å²) in [6.45, 7) is 2.42. The quantitative estimate of drug-likeness (QED) is 0.780. The Morgan fingerprint density at radius 1 is 1.16 bits per heavy atom. The van der Waals surface area contributed by atoms with E-state index in [4.69, 9.17) is 18.9 Å². The number of carbonyl (C=O) groups is 1. The first kappa shape index (κ1) is 16.9. The van der Waals surface area contributed by atoms with Gasteiger partial charge in [0.15, 0.2) is 17.6 Å². The van der Waals surface area contributed by atoms with Gasteiger partial charge in [-0.1, -0.05) is 0 Å². The number of halogens is 1. The lowest BCUT2D eigenvalue weighted by Gasteiger charge is -2.15. The first-order valence-electron chi connectivity index (χ1n) is 7.84. The molecule has 6 nitrogen and oxygen atoms in total. The molecular formula is C18H18FNO5. The summed E-state index contributed by atoms with van der Waals surface area (Å²) in [4.78, 5) is 12.0. The molecule has 132 valence electrons. The van der Waals surface area contributed by atoms with Crippen LogP contribution in [-0.4, -0.2) is 32.0 Å². The predicted octanol–water partition coefficient (Wildman–Crippen LogP) is 2.52. The summed E-state index contributed by atoms with van der Waals surface area (Å²) in [5.74, 6) is 1.73. The molecule has 0 aliphatic carbocycles. The molecule has 0 spiro atoms. The van der Waals surface area contributed by atoms with Gasteiger partial charge in [-0.05, 0) is 43.3 Å². The summed E-state index contributed by atoms with van der Waals surface area (Å²) >= 11 is 0. The zero-order valence-electron chi connectivity index (χ0n) is 13.7. The van der Waals surface area contributed by atoms with E-state index >= 15 is 0 Å². The SMILES string of the molecule is CC(Oc1ccc2c(c1)OCO2)C(=O)NCCOc1ccc(F)cc1. The minimum Gasteiger partial charge on any atom is -0.492 e. The lowest BCUT2D eigenvalue weighted by molar-refractivity contribution is -0.127. The number of ether oxygens (including phenoxy) is 4. The summed E-state index contributed by atoms with van der Waals surface area (Å²) in [7, 11) is 0. The highest BCUT2D eigenvalue weighted by atomic mass is 19.1. The fraction of sp³-hybridized carbons (Fsp3) is 0.278. The largest absolute Gasteiger partial charge is 0.492 e. The molecule has 1 atom stereocenters. The Morgan fingerprint density at radius 2 is 1.88 bits per heavy atom. The molecule has 2 aromatic rings. The van der Waals surface area contributed by atoms with Crippen LogP contribution in [0.5, 0.6) is 23.0 Å². The van der Waals surface area contributed by atoms with E-state index in [0.717, 1.165) is 0 Å². The smallest absolute Gasteiger partial charge is 0.260 e. The van der Waals surface area contributed by atoms with Gasteiger partial charge in [-0.15, -0.1) is 0 Å². The van der Waals surface area contributed by atoms with Crippen molar-refractivity contribution in [1.29, 1.82) is 0 Å². The predicted molar refractivity (Wildman–Crippen MR) is 87.6 cm³/mol. The molecule has 0 saturated carbocycles. The molecule has 0 aromatic heterocycles. The number of amides is 1. The normalized spacial score (nSPS) is 13.2. The van der Waals surface area contributed by atoms with E-state index in [0.29, 0.717) is 29.5 Å². The maximum Gasteiger partial charge on any atom is 0.260 e. The Bertz CT molecular complexity index is 735. The fourth-order valence-electron chi connectivity index (χ4n) is 2.23. The van der Waals surface area contributed by atoms with E-state index in [9.17, 15) is 9.18 Å². The van der Waals surface area contributed by atoms with Gasteiger partial charge < -0.3 is 24.3 Å². The minimum atomic E-state index is -0.675. The topological polar surface area (TPSA) is 66.0 Å². The second-order valence-electron chi connectivity index (χ2n) is 5.37. The van der Waals surface area contributed by atoms with E-state index < -0.39 is 6.10 Å². The van der Waals surface area contributed by atoms with Gasteiger partial charge in [-0.2, -0.15) is 0 Å². The second-order valence-corrected chi connectivity index (χ2v) is 5.37. The molecule has 0 bridgehead atoms. The van der Waals surface area contributed by atoms with Crippen LogP contribution in [0.1, 0.15) is 6.92 Å². The Kier molecular flexibility index (Phi) is 5.23. The van der Waals surface area contributed by atoms with Crippen molar-refractivity contribution in [3.05, 3.63) is 48.3 Å². The summed E-state index contributed by atoms with van der Waals surface area (Å²) in [5.41, 5.74) is 0. The molecule has 1 aliphatic heterocycles. The third-order valence-electron chi connectivity index (χ3n) is 3.51. The number of rotatable bonds is 7. The molecule has 3 rings (SSSR count). The zero-order chi connectivity index (χ0) is 17.6. The van der Waals surface area contributed by atoms with E-state index in [1.165, 1.54) is 24.3 Å². The van der Waals surface area contributed by atoms with Gasteiger partial charge in [0.2, 0.25) is 6.79 Å². The highest BCUT2D eigenvalue weighted by Crippen LogP contribution is 2.35. The molecule has 1 heterocycles. The van der Waals surface area contributed by atoms with Crippen LogP contribution in [0.2, 0.25) is 0 Å². The standard InChI is InChI=1S/C18H18FNO5/c1-12(25-15-6-7-16-17(10-15)24-11-23-16)18(21)20-8-9-22-14-4-2-13(19)3-5-14/h2-7,10,12H,8-9,11H2,1H3,(H,20,21). The Hall–Kier alpha value is -2.96. The average molecular weight is 347 g/mol. The molecule has 7 heteroatoms. The third kappa shape index (κ3) is 4.53. The van der Waals surface area contributed by atoms with Crippen LogP contribution >= 0.6 is 0 Å². The van der Waals surface area contributed by atoms with Crippen LogP contribution in [0.3, 0.4) is 0 Å². The van der Waals surface area contributed by atoms with Crippen molar-refractivity contribution in [2.75, 3.05) is 19.9 Å². The molecular weight excluding hydrogens is 329 g/mol. The Morgan fingerprint density at radius 3 is 2.68 bits per heavy atom. The molecule has 2 aromatic carbocycles. The van der Waals surface area contributed by atoms with Gasteiger partial charge in [0.05, 0.1) is 6.54 Å². The summed E-state index contributed by atoms with van der Waals surface area (Å²) in [5, 5.41) is 2.72. The molecule has 1 N–H and O–H groups in total. The third-order valence-corrected chi connectivity index (χ3v) is 3.51. The molecule has 1 amide bonds.